The monoisotopic (exact) mass is 462 g/mol. The van der Waals surface area contributed by atoms with Gasteiger partial charge in [-0.25, -0.2) is 4.98 Å². The van der Waals surface area contributed by atoms with Crippen molar-refractivity contribution in [3.8, 4) is 0 Å². The van der Waals surface area contributed by atoms with E-state index in [0.717, 1.165) is 11.1 Å². The summed E-state index contributed by atoms with van der Waals surface area (Å²) in [4.78, 5) is 16.0. The van der Waals surface area contributed by atoms with Crippen LogP contribution in [0, 0.1) is 0 Å². The lowest BCUT2D eigenvalue weighted by atomic mass is 9.95. The van der Waals surface area contributed by atoms with Gasteiger partial charge in [-0.15, -0.1) is 0 Å². The number of primary amides is 1. The van der Waals surface area contributed by atoms with Gasteiger partial charge in [0.05, 0.1) is 12.7 Å². The summed E-state index contributed by atoms with van der Waals surface area (Å²) in [5.41, 5.74) is 7.91. The summed E-state index contributed by atoms with van der Waals surface area (Å²) < 4.78 is 25.1. The van der Waals surface area contributed by atoms with Crippen LogP contribution in [0.5, 0.6) is 0 Å². The van der Waals surface area contributed by atoms with E-state index in [1.54, 1.807) is 12.1 Å². The highest BCUT2D eigenvalue weighted by Crippen LogP contribution is 2.41. The molecule has 1 amide bonds. The van der Waals surface area contributed by atoms with Gasteiger partial charge in [-0.1, -0.05) is 66.7 Å². The summed E-state index contributed by atoms with van der Waals surface area (Å²) in [5.74, 6) is -0.596. The SMILES string of the molecule is NC(=O)c1cccc(C[C@H]2OC(c3ccccc3)O[C@H]3[C@H]2OC(c2ccccc2)O[C@@H]3CO)n1. The molecule has 2 aliphatic rings. The van der Waals surface area contributed by atoms with Gasteiger partial charge in [0.1, 0.15) is 24.0 Å². The largest absolute Gasteiger partial charge is 0.394 e. The lowest BCUT2D eigenvalue weighted by Gasteiger charge is -2.49. The second-order valence-electron chi connectivity index (χ2n) is 8.30. The van der Waals surface area contributed by atoms with Crippen LogP contribution in [0.2, 0.25) is 0 Å². The maximum absolute atomic E-state index is 11.6. The predicted molar refractivity (Wildman–Crippen MR) is 121 cm³/mol. The van der Waals surface area contributed by atoms with Crippen molar-refractivity contribution in [1.82, 2.24) is 4.98 Å². The molecule has 3 heterocycles. The molecule has 3 aromatic rings. The number of hydrogen-bond acceptors (Lipinski definition) is 7. The highest BCUT2D eigenvalue weighted by molar-refractivity contribution is 5.90. The Hall–Kier alpha value is -3.14. The van der Waals surface area contributed by atoms with Crippen LogP contribution in [-0.2, 0) is 25.4 Å². The Kier molecular flexibility index (Phi) is 6.66. The lowest BCUT2D eigenvalue weighted by Crippen LogP contribution is -2.59. The van der Waals surface area contributed by atoms with E-state index in [4.69, 9.17) is 24.7 Å². The molecule has 176 valence electrons. The standard InChI is InChI=1S/C26H26N2O6/c27-24(30)19-13-7-12-18(28-19)14-20-22-23(34-25(31-20)16-8-3-1-4-9-16)21(15-29)32-26(33-22)17-10-5-2-6-11-17/h1-13,20-23,25-26,29H,14-15H2,(H2,27,30)/t20-,21-,22+,23-,25?,26?/m1/s1. The molecule has 3 N–H and O–H groups in total. The van der Waals surface area contributed by atoms with Crippen molar-refractivity contribution in [3.05, 3.63) is 101 Å². The molecule has 0 saturated carbocycles. The topological polar surface area (TPSA) is 113 Å². The fourth-order valence-electron chi connectivity index (χ4n) is 4.36. The summed E-state index contributed by atoms with van der Waals surface area (Å²) in [7, 11) is 0. The van der Waals surface area contributed by atoms with Crippen LogP contribution in [0.25, 0.3) is 0 Å². The Morgan fingerprint density at radius 2 is 1.32 bits per heavy atom. The molecule has 2 aliphatic heterocycles. The number of aliphatic hydroxyl groups is 1. The first-order valence-corrected chi connectivity index (χ1v) is 11.2. The number of carbonyl (C=O) groups excluding carboxylic acids is 1. The first-order chi connectivity index (χ1) is 16.6. The summed E-state index contributed by atoms with van der Waals surface area (Å²) in [6.07, 6.45) is -3.23. The van der Waals surface area contributed by atoms with Crippen molar-refractivity contribution < 1.29 is 28.8 Å². The summed E-state index contributed by atoms with van der Waals surface area (Å²) >= 11 is 0. The first kappa shape index (κ1) is 22.6. The number of rotatable bonds is 6. The van der Waals surface area contributed by atoms with Gasteiger partial charge in [0, 0.05) is 23.2 Å². The van der Waals surface area contributed by atoms with Crippen molar-refractivity contribution in [1.29, 1.82) is 0 Å². The maximum Gasteiger partial charge on any atom is 0.267 e. The second-order valence-corrected chi connectivity index (χ2v) is 8.30. The van der Waals surface area contributed by atoms with Crippen LogP contribution >= 0.6 is 0 Å². The average molecular weight is 463 g/mol. The van der Waals surface area contributed by atoms with Crippen LogP contribution < -0.4 is 5.73 Å². The van der Waals surface area contributed by atoms with Gasteiger partial charge in [0.2, 0.25) is 0 Å². The molecule has 2 unspecified atom stereocenters. The Balaban J connectivity index is 1.47. The number of amides is 1. The zero-order valence-electron chi connectivity index (χ0n) is 18.4. The second kappa shape index (κ2) is 10.0. The fraction of sp³-hybridized carbons (Fsp3) is 0.308. The van der Waals surface area contributed by atoms with E-state index in [1.165, 1.54) is 0 Å². The van der Waals surface area contributed by atoms with E-state index in [1.807, 2.05) is 66.7 Å². The molecular weight excluding hydrogens is 436 g/mol. The van der Waals surface area contributed by atoms with Crippen molar-refractivity contribution in [3.63, 3.8) is 0 Å². The first-order valence-electron chi connectivity index (χ1n) is 11.2. The molecule has 2 aromatic carbocycles. The third kappa shape index (κ3) is 4.72. The van der Waals surface area contributed by atoms with Gasteiger partial charge >= 0.3 is 0 Å². The van der Waals surface area contributed by atoms with Crippen molar-refractivity contribution in [2.75, 3.05) is 6.61 Å². The molecule has 0 bridgehead atoms. The van der Waals surface area contributed by atoms with Crippen molar-refractivity contribution in [2.24, 2.45) is 5.73 Å². The van der Waals surface area contributed by atoms with Gasteiger partial charge in [-0.2, -0.15) is 0 Å². The zero-order valence-corrected chi connectivity index (χ0v) is 18.4. The molecule has 8 heteroatoms. The van der Waals surface area contributed by atoms with Crippen LogP contribution in [-0.4, -0.2) is 47.0 Å². The highest BCUT2D eigenvalue weighted by atomic mass is 16.8. The molecule has 5 rings (SSSR count). The minimum atomic E-state index is -0.688. The number of fused-ring (bicyclic) bond motifs is 1. The van der Waals surface area contributed by atoms with E-state index in [2.05, 4.69) is 4.98 Å². The number of aromatic nitrogens is 1. The maximum atomic E-state index is 11.6. The Labute approximate surface area is 197 Å². The summed E-state index contributed by atoms with van der Waals surface area (Å²) in [6, 6.07) is 24.2. The zero-order chi connectivity index (χ0) is 23.5. The number of aliphatic hydroxyl groups excluding tert-OH is 1. The van der Waals surface area contributed by atoms with Gasteiger partial charge in [-0.05, 0) is 12.1 Å². The number of hydrogen-bond donors (Lipinski definition) is 2. The normalized spacial score (nSPS) is 28.7. The van der Waals surface area contributed by atoms with Crippen LogP contribution in [0.3, 0.4) is 0 Å². The third-order valence-corrected chi connectivity index (χ3v) is 6.01. The molecule has 0 spiro atoms. The van der Waals surface area contributed by atoms with E-state index >= 15 is 0 Å². The molecule has 8 nitrogen and oxygen atoms in total. The number of nitrogens with zero attached hydrogens (tertiary/aromatic N) is 1. The van der Waals surface area contributed by atoms with E-state index < -0.39 is 42.9 Å². The third-order valence-electron chi connectivity index (χ3n) is 6.01. The molecular formula is C26H26N2O6. The average Bonchev–Trinajstić information content (AvgIpc) is 2.89. The van der Waals surface area contributed by atoms with E-state index in [0.29, 0.717) is 12.1 Å². The van der Waals surface area contributed by atoms with Gasteiger partial charge < -0.3 is 29.8 Å². The van der Waals surface area contributed by atoms with Crippen LogP contribution in [0.1, 0.15) is 39.9 Å². The number of ether oxygens (including phenoxy) is 4. The van der Waals surface area contributed by atoms with Crippen molar-refractivity contribution in [2.45, 2.75) is 43.4 Å². The van der Waals surface area contributed by atoms with Gasteiger partial charge in [0.15, 0.2) is 12.6 Å². The predicted octanol–water partition coefficient (Wildman–Crippen LogP) is 2.68. The Bertz CT molecular complexity index is 1110. The van der Waals surface area contributed by atoms with E-state index in [-0.39, 0.29) is 12.3 Å². The number of nitrogens with two attached hydrogens (primary N) is 1. The molecule has 6 atom stereocenters. The smallest absolute Gasteiger partial charge is 0.267 e. The van der Waals surface area contributed by atoms with E-state index in [9.17, 15) is 9.90 Å². The summed E-state index contributed by atoms with van der Waals surface area (Å²) in [6.45, 7) is -0.239. The Morgan fingerprint density at radius 3 is 1.88 bits per heavy atom. The molecule has 34 heavy (non-hydrogen) atoms. The van der Waals surface area contributed by atoms with Crippen LogP contribution in [0.4, 0.5) is 0 Å². The minimum Gasteiger partial charge on any atom is -0.394 e. The summed E-state index contributed by atoms with van der Waals surface area (Å²) in [5, 5.41) is 10.2. The highest BCUT2D eigenvalue weighted by Gasteiger charge is 2.50. The molecule has 0 radical (unpaired) electrons. The lowest BCUT2D eigenvalue weighted by molar-refractivity contribution is -0.384. The number of carbonyl (C=O) groups is 1. The minimum absolute atomic E-state index is 0.184. The molecule has 0 aliphatic carbocycles. The molecule has 2 fully saturated rings. The van der Waals surface area contributed by atoms with Crippen molar-refractivity contribution >= 4 is 5.91 Å². The number of benzene rings is 2. The fourth-order valence-corrected chi connectivity index (χ4v) is 4.36. The number of pyridine rings is 1. The van der Waals surface area contributed by atoms with Gasteiger partial charge in [0.25, 0.3) is 5.91 Å². The molecule has 1 aromatic heterocycles. The van der Waals surface area contributed by atoms with Gasteiger partial charge in [-0.3, -0.25) is 4.79 Å². The van der Waals surface area contributed by atoms with Crippen LogP contribution in [0.15, 0.2) is 78.9 Å². The quantitative estimate of drug-likeness (QED) is 0.579. The molecule has 2 saturated heterocycles. The Morgan fingerprint density at radius 1 is 0.765 bits per heavy atom.